The van der Waals surface area contributed by atoms with Crippen molar-refractivity contribution in [2.45, 2.75) is 13.3 Å². The average molecular weight is 350 g/mol. The second-order valence-corrected chi connectivity index (χ2v) is 7.83. The molecule has 2 aromatic rings. The minimum Gasteiger partial charge on any atom is -0.353 e. The molecule has 0 spiro atoms. The summed E-state index contributed by atoms with van der Waals surface area (Å²) >= 11 is 0. The molecule has 2 N–H and O–H groups in total. The molecule has 0 bridgehead atoms. The molecule has 3 rings (SSSR count). The van der Waals surface area contributed by atoms with Crippen LogP contribution in [0.3, 0.4) is 0 Å². The van der Waals surface area contributed by atoms with Gasteiger partial charge in [0.15, 0.2) is 0 Å². The van der Waals surface area contributed by atoms with Crippen molar-refractivity contribution in [1.29, 1.82) is 0 Å². The first-order valence-corrected chi connectivity index (χ1v) is 10.0. The molecule has 8 heteroatoms. The first-order chi connectivity index (χ1) is 11.5. The van der Waals surface area contributed by atoms with Gasteiger partial charge in [0.25, 0.3) is 0 Å². The van der Waals surface area contributed by atoms with E-state index in [4.69, 9.17) is 14.8 Å². The number of fused-ring (bicyclic) bond motifs is 1. The van der Waals surface area contributed by atoms with Gasteiger partial charge in [0.2, 0.25) is 0 Å². The van der Waals surface area contributed by atoms with Gasteiger partial charge < -0.3 is 14.7 Å². The van der Waals surface area contributed by atoms with E-state index in [1.807, 2.05) is 31.2 Å². The van der Waals surface area contributed by atoms with Crippen LogP contribution in [0, 0.1) is 0 Å². The number of benzene rings is 1. The predicted molar refractivity (Wildman–Crippen MR) is 94.5 cm³/mol. The second-order valence-electron chi connectivity index (χ2n) is 6.05. The molecule has 0 aliphatic carbocycles. The molecule has 0 saturated carbocycles. The van der Waals surface area contributed by atoms with Gasteiger partial charge in [-0.1, -0.05) is 19.1 Å². The topological polar surface area (TPSA) is 89.8 Å². The van der Waals surface area contributed by atoms with Gasteiger partial charge in [-0.15, -0.1) is 0 Å². The Bertz CT molecular complexity index is 756. The van der Waals surface area contributed by atoms with Crippen LogP contribution < -0.4 is 4.90 Å². The quantitative estimate of drug-likeness (QED) is 0.790. The zero-order chi connectivity index (χ0) is 17.2. The van der Waals surface area contributed by atoms with Crippen molar-refractivity contribution < 1.29 is 14.4 Å². The lowest BCUT2D eigenvalue weighted by Crippen LogP contribution is -2.47. The predicted octanol–water partition coefficient (Wildman–Crippen LogP) is 1.49. The smallest absolute Gasteiger partial charge is 0.326 e. The highest BCUT2D eigenvalue weighted by atomic mass is 31.2. The molecule has 1 aliphatic rings. The maximum absolute atomic E-state index is 11.0. The summed E-state index contributed by atoms with van der Waals surface area (Å²) in [6.07, 6.45) is 0.712. The van der Waals surface area contributed by atoms with Gasteiger partial charge in [0, 0.05) is 44.5 Å². The average Bonchev–Trinajstić information content (AvgIpc) is 2.59. The Balaban J connectivity index is 1.74. The van der Waals surface area contributed by atoms with Crippen LogP contribution in [-0.4, -0.2) is 63.5 Å². The summed E-state index contributed by atoms with van der Waals surface area (Å²) < 4.78 is 11.0. The number of piperazine rings is 1. The van der Waals surface area contributed by atoms with Gasteiger partial charge >= 0.3 is 7.60 Å². The van der Waals surface area contributed by atoms with Crippen molar-refractivity contribution in [3.8, 4) is 0 Å². The summed E-state index contributed by atoms with van der Waals surface area (Å²) in [5, 5.41) is 1.05. The molecule has 0 atom stereocenters. The third-order valence-corrected chi connectivity index (χ3v) is 5.11. The van der Waals surface area contributed by atoms with Gasteiger partial charge in [-0.3, -0.25) is 9.46 Å². The Morgan fingerprint density at radius 2 is 1.83 bits per heavy atom. The number of aromatic nitrogens is 2. The fraction of sp³-hybridized carbons (Fsp3) is 0.500. The third kappa shape index (κ3) is 4.11. The first kappa shape index (κ1) is 17.3. The minimum absolute atomic E-state index is 0.0799. The second kappa shape index (κ2) is 7.15. The third-order valence-electron chi connectivity index (χ3n) is 4.32. The molecule has 2 heterocycles. The molecule has 130 valence electrons. The van der Waals surface area contributed by atoms with E-state index < -0.39 is 7.60 Å². The van der Waals surface area contributed by atoms with E-state index >= 15 is 0 Å². The molecule has 1 aromatic carbocycles. The maximum atomic E-state index is 11.0. The molecule has 1 saturated heterocycles. The van der Waals surface area contributed by atoms with Crippen LogP contribution in [0.4, 0.5) is 5.82 Å². The molecule has 0 unspecified atom stereocenters. The van der Waals surface area contributed by atoms with Crippen LogP contribution in [0.2, 0.25) is 0 Å². The van der Waals surface area contributed by atoms with Gasteiger partial charge in [0.1, 0.15) is 11.6 Å². The molecule has 24 heavy (non-hydrogen) atoms. The Kier molecular flexibility index (Phi) is 5.15. The van der Waals surface area contributed by atoms with Crippen molar-refractivity contribution in [2.75, 3.05) is 43.8 Å². The SMILES string of the molecule is CCc1nc(N2CCN(CCP(=O)(O)O)CC2)c2ccccc2n1. The van der Waals surface area contributed by atoms with Crippen LogP contribution in [0.25, 0.3) is 10.9 Å². The van der Waals surface area contributed by atoms with Crippen molar-refractivity contribution in [2.24, 2.45) is 0 Å². The van der Waals surface area contributed by atoms with Crippen molar-refractivity contribution in [1.82, 2.24) is 14.9 Å². The van der Waals surface area contributed by atoms with E-state index in [-0.39, 0.29) is 6.16 Å². The number of hydrogen-bond donors (Lipinski definition) is 2. The van der Waals surface area contributed by atoms with E-state index in [0.717, 1.165) is 55.1 Å². The van der Waals surface area contributed by atoms with E-state index in [0.29, 0.717) is 6.54 Å². The Hall–Kier alpha value is -1.53. The van der Waals surface area contributed by atoms with Crippen LogP contribution in [0.5, 0.6) is 0 Å². The fourth-order valence-electron chi connectivity index (χ4n) is 2.96. The van der Waals surface area contributed by atoms with Crippen molar-refractivity contribution in [3.63, 3.8) is 0 Å². The summed E-state index contributed by atoms with van der Waals surface area (Å²) in [7, 11) is -3.92. The number of aryl methyl sites for hydroxylation is 1. The zero-order valence-electron chi connectivity index (χ0n) is 13.8. The van der Waals surface area contributed by atoms with Crippen LogP contribution in [0.1, 0.15) is 12.7 Å². The molecule has 0 amide bonds. The van der Waals surface area contributed by atoms with Gasteiger partial charge in [-0.05, 0) is 12.1 Å². The highest BCUT2D eigenvalue weighted by Gasteiger charge is 2.22. The van der Waals surface area contributed by atoms with Gasteiger partial charge in [-0.25, -0.2) is 9.97 Å². The molecular weight excluding hydrogens is 327 g/mol. The van der Waals surface area contributed by atoms with E-state index in [1.165, 1.54) is 0 Å². The molecule has 1 aromatic heterocycles. The summed E-state index contributed by atoms with van der Waals surface area (Å²) in [4.78, 5) is 31.7. The molecule has 0 radical (unpaired) electrons. The van der Waals surface area contributed by atoms with E-state index in [1.54, 1.807) is 0 Å². The fourth-order valence-corrected chi connectivity index (χ4v) is 3.50. The maximum Gasteiger partial charge on any atom is 0.326 e. The number of anilines is 1. The molecule has 7 nitrogen and oxygen atoms in total. The largest absolute Gasteiger partial charge is 0.353 e. The van der Waals surface area contributed by atoms with Gasteiger partial charge in [0.05, 0.1) is 11.7 Å². The number of para-hydroxylation sites is 1. The minimum atomic E-state index is -3.92. The van der Waals surface area contributed by atoms with Crippen LogP contribution >= 0.6 is 7.60 Å². The van der Waals surface area contributed by atoms with Crippen molar-refractivity contribution in [3.05, 3.63) is 30.1 Å². The normalized spacial score (nSPS) is 16.7. The highest BCUT2D eigenvalue weighted by Crippen LogP contribution is 2.34. The molecule has 1 fully saturated rings. The summed E-state index contributed by atoms with van der Waals surface area (Å²) in [5.41, 5.74) is 0.961. The van der Waals surface area contributed by atoms with Crippen LogP contribution in [-0.2, 0) is 11.0 Å². The number of nitrogens with zero attached hydrogens (tertiary/aromatic N) is 4. The zero-order valence-corrected chi connectivity index (χ0v) is 14.7. The van der Waals surface area contributed by atoms with Gasteiger partial charge in [-0.2, -0.15) is 0 Å². The first-order valence-electron chi connectivity index (χ1n) is 8.24. The Morgan fingerprint density at radius 3 is 2.50 bits per heavy atom. The van der Waals surface area contributed by atoms with E-state index in [2.05, 4.69) is 14.8 Å². The Labute approximate surface area is 141 Å². The molecule has 1 aliphatic heterocycles. The standard InChI is InChI=1S/C16H23N4O3P/c1-2-15-17-14-6-4-3-5-13(14)16(18-15)20-9-7-19(8-10-20)11-12-24(21,22)23/h3-6H,2,7-12H2,1H3,(H2,21,22,23). The highest BCUT2D eigenvalue weighted by molar-refractivity contribution is 7.51. The number of hydrogen-bond acceptors (Lipinski definition) is 5. The monoisotopic (exact) mass is 350 g/mol. The lowest BCUT2D eigenvalue weighted by atomic mass is 10.2. The van der Waals surface area contributed by atoms with E-state index in [9.17, 15) is 4.57 Å². The Morgan fingerprint density at radius 1 is 1.12 bits per heavy atom. The van der Waals surface area contributed by atoms with Crippen LogP contribution in [0.15, 0.2) is 24.3 Å². The number of rotatable bonds is 5. The molecular formula is C16H23N4O3P. The lowest BCUT2D eigenvalue weighted by molar-refractivity contribution is 0.264. The van der Waals surface area contributed by atoms with Crippen molar-refractivity contribution >= 4 is 24.3 Å². The summed E-state index contributed by atoms with van der Waals surface area (Å²) in [5.74, 6) is 1.81. The lowest BCUT2D eigenvalue weighted by Gasteiger charge is -2.36. The summed E-state index contributed by atoms with van der Waals surface area (Å²) in [6.45, 7) is 5.63. The summed E-state index contributed by atoms with van der Waals surface area (Å²) in [6, 6.07) is 8.04.